The summed E-state index contributed by atoms with van der Waals surface area (Å²) in [5.74, 6) is 0.981. The number of aryl methyl sites for hydroxylation is 2. The number of benzene rings is 1. The van der Waals surface area contributed by atoms with Crippen LogP contribution >= 0.6 is 0 Å². The maximum atomic E-state index is 14.1. The number of aromatic nitrogens is 5. The van der Waals surface area contributed by atoms with Gasteiger partial charge in [0.15, 0.2) is 0 Å². The van der Waals surface area contributed by atoms with Gasteiger partial charge in [0.2, 0.25) is 5.82 Å². The van der Waals surface area contributed by atoms with Crippen LogP contribution < -0.4 is 4.74 Å². The Hall–Kier alpha value is -3.41. The first-order chi connectivity index (χ1) is 18.8. The predicted octanol–water partition coefficient (Wildman–Crippen LogP) is 4.42. The second-order valence-corrected chi connectivity index (χ2v) is 11.5. The molecular formula is C28H35F3N6O3. The Balaban J connectivity index is 1.61. The molecule has 40 heavy (non-hydrogen) atoms. The average Bonchev–Trinajstić information content (AvgIpc) is 3.59. The number of fused-ring (bicyclic) bond motifs is 3. The molecule has 0 radical (unpaired) electrons. The quantitative estimate of drug-likeness (QED) is 0.460. The van der Waals surface area contributed by atoms with Crippen molar-refractivity contribution in [1.82, 2.24) is 29.7 Å². The predicted molar refractivity (Wildman–Crippen MR) is 142 cm³/mol. The number of rotatable bonds is 7. The first kappa shape index (κ1) is 28.1. The van der Waals surface area contributed by atoms with Crippen molar-refractivity contribution in [3.8, 4) is 28.4 Å². The fourth-order valence-electron chi connectivity index (χ4n) is 6.19. The standard InChI is InChI=1S/C28H35F3N6O3/c1-16(2)11-18-12-21(26(39)37-9-6-8-27(37,3)23(38)15-28(29,30)31)36-10-7-17-13-22(40-5)20(14-19(17)24(18)36)25-32-34-35(4)33-25/h12-14,16,23,38H,6-11,15H2,1-5H3/t23-,27-/m0/s1. The number of hydrogen-bond donors (Lipinski definition) is 1. The van der Waals surface area contributed by atoms with Crippen LogP contribution in [0.3, 0.4) is 0 Å². The smallest absolute Gasteiger partial charge is 0.391 e. The fourth-order valence-corrected chi connectivity index (χ4v) is 6.19. The second kappa shape index (κ2) is 10.2. The molecule has 12 heteroatoms. The number of amides is 1. The maximum Gasteiger partial charge on any atom is 0.391 e. The molecule has 0 aliphatic carbocycles. The van der Waals surface area contributed by atoms with Gasteiger partial charge in [0, 0.05) is 18.7 Å². The summed E-state index contributed by atoms with van der Waals surface area (Å²) in [5.41, 5.74) is 3.69. The molecule has 0 unspecified atom stereocenters. The minimum atomic E-state index is -4.53. The number of halogens is 3. The summed E-state index contributed by atoms with van der Waals surface area (Å²) in [5, 5.41) is 23.1. The molecule has 5 rings (SSSR count). The highest BCUT2D eigenvalue weighted by Gasteiger charge is 2.49. The summed E-state index contributed by atoms with van der Waals surface area (Å²) in [6.07, 6.45) is -5.41. The van der Waals surface area contributed by atoms with Gasteiger partial charge in [-0.05, 0) is 73.1 Å². The van der Waals surface area contributed by atoms with E-state index in [1.807, 2.05) is 22.8 Å². The van der Waals surface area contributed by atoms with E-state index in [2.05, 4.69) is 29.3 Å². The SMILES string of the molecule is COc1cc2c(cc1-c1nnn(C)n1)-c1c(CC(C)C)cc(C(=O)N3CCC[C@@]3(C)[C@@H](O)CC(F)(F)F)n1CC2. The van der Waals surface area contributed by atoms with Gasteiger partial charge in [-0.15, -0.1) is 10.2 Å². The zero-order chi connectivity index (χ0) is 29.0. The molecule has 0 spiro atoms. The molecule has 4 heterocycles. The van der Waals surface area contributed by atoms with Gasteiger partial charge in [-0.2, -0.15) is 18.0 Å². The third-order valence-electron chi connectivity index (χ3n) is 8.13. The first-order valence-electron chi connectivity index (χ1n) is 13.6. The molecule has 1 N–H and O–H groups in total. The van der Waals surface area contributed by atoms with Crippen molar-refractivity contribution in [1.29, 1.82) is 0 Å². The summed E-state index contributed by atoms with van der Waals surface area (Å²) in [6, 6.07) is 5.83. The monoisotopic (exact) mass is 560 g/mol. The molecule has 1 fully saturated rings. The number of hydrogen-bond acceptors (Lipinski definition) is 6. The summed E-state index contributed by atoms with van der Waals surface area (Å²) in [4.78, 5) is 16.9. The van der Waals surface area contributed by atoms with Crippen LogP contribution in [-0.2, 0) is 26.4 Å². The number of carbonyl (C=O) groups excluding carboxylic acids is 1. The zero-order valence-corrected chi connectivity index (χ0v) is 23.4. The lowest BCUT2D eigenvalue weighted by molar-refractivity contribution is -0.166. The van der Waals surface area contributed by atoms with Crippen LogP contribution in [-0.4, -0.2) is 72.2 Å². The average molecular weight is 561 g/mol. The van der Waals surface area contributed by atoms with E-state index in [1.165, 1.54) is 9.70 Å². The van der Waals surface area contributed by atoms with Crippen molar-refractivity contribution >= 4 is 5.91 Å². The fraction of sp³-hybridized carbons (Fsp3) is 0.571. The summed E-state index contributed by atoms with van der Waals surface area (Å²) in [7, 11) is 3.28. The first-order valence-corrected chi connectivity index (χ1v) is 13.6. The topological polar surface area (TPSA) is 98.3 Å². The molecule has 2 aliphatic rings. The molecule has 1 saturated heterocycles. The Labute approximate surface area is 230 Å². The van der Waals surface area contributed by atoms with E-state index in [9.17, 15) is 23.1 Å². The molecule has 0 saturated carbocycles. The van der Waals surface area contributed by atoms with Gasteiger partial charge in [-0.3, -0.25) is 4.79 Å². The largest absolute Gasteiger partial charge is 0.496 e. The number of nitrogens with zero attached hydrogens (tertiary/aromatic N) is 6. The van der Waals surface area contributed by atoms with Crippen LogP contribution in [0, 0.1) is 5.92 Å². The second-order valence-electron chi connectivity index (χ2n) is 11.5. The van der Waals surface area contributed by atoms with Gasteiger partial charge in [0.25, 0.3) is 5.91 Å². The Kier molecular flexibility index (Phi) is 7.18. The van der Waals surface area contributed by atoms with Crippen molar-refractivity contribution in [3.05, 3.63) is 35.0 Å². The summed E-state index contributed by atoms with van der Waals surface area (Å²) in [6.45, 7) is 6.58. The molecule has 1 amide bonds. The maximum absolute atomic E-state index is 14.1. The van der Waals surface area contributed by atoms with E-state index >= 15 is 0 Å². The number of aliphatic hydroxyl groups is 1. The lowest BCUT2D eigenvalue weighted by Gasteiger charge is -2.39. The number of ether oxygens (including phenoxy) is 1. The molecule has 0 bridgehead atoms. The van der Waals surface area contributed by atoms with Crippen molar-refractivity contribution < 1.29 is 27.8 Å². The third-order valence-corrected chi connectivity index (χ3v) is 8.13. The lowest BCUT2D eigenvalue weighted by atomic mass is 9.89. The summed E-state index contributed by atoms with van der Waals surface area (Å²) >= 11 is 0. The molecule has 1 aromatic carbocycles. The van der Waals surface area contributed by atoms with Gasteiger partial charge in [0.05, 0.1) is 43.5 Å². The molecule has 2 aromatic heterocycles. The summed E-state index contributed by atoms with van der Waals surface area (Å²) < 4.78 is 47.2. The van der Waals surface area contributed by atoms with Gasteiger partial charge in [-0.1, -0.05) is 13.8 Å². The minimum absolute atomic E-state index is 0.292. The van der Waals surface area contributed by atoms with Gasteiger partial charge >= 0.3 is 6.18 Å². The molecule has 2 aliphatic heterocycles. The van der Waals surface area contributed by atoms with Crippen molar-refractivity contribution in [2.45, 2.75) is 77.2 Å². The van der Waals surface area contributed by atoms with Gasteiger partial charge in [-0.25, -0.2) is 0 Å². The number of carbonyl (C=O) groups is 1. The Morgan fingerprint density at radius 1 is 1.20 bits per heavy atom. The van der Waals surface area contributed by atoms with Gasteiger partial charge in [0.1, 0.15) is 11.4 Å². The van der Waals surface area contributed by atoms with Crippen LogP contribution in [0.1, 0.15) is 61.6 Å². The van der Waals surface area contributed by atoms with Crippen LogP contribution in [0.5, 0.6) is 5.75 Å². The van der Waals surface area contributed by atoms with E-state index in [0.29, 0.717) is 67.5 Å². The van der Waals surface area contributed by atoms with Crippen LogP contribution in [0.25, 0.3) is 22.6 Å². The normalized spacial score (nSPS) is 19.6. The highest BCUT2D eigenvalue weighted by Crippen LogP contribution is 2.43. The molecule has 216 valence electrons. The number of aliphatic hydroxyl groups excluding tert-OH is 1. The molecule has 9 nitrogen and oxygen atoms in total. The van der Waals surface area contributed by atoms with Crippen LogP contribution in [0.4, 0.5) is 13.2 Å². The number of methoxy groups -OCH3 is 1. The molecule has 2 atom stereocenters. The van der Waals surface area contributed by atoms with E-state index in [4.69, 9.17) is 4.74 Å². The number of likely N-dealkylation sites (tertiary alicyclic amines) is 1. The van der Waals surface area contributed by atoms with Crippen molar-refractivity contribution in [2.75, 3.05) is 13.7 Å². The highest BCUT2D eigenvalue weighted by atomic mass is 19.4. The Bertz CT molecular complexity index is 1430. The van der Waals surface area contributed by atoms with E-state index in [-0.39, 0.29) is 5.91 Å². The number of alkyl halides is 3. The van der Waals surface area contributed by atoms with E-state index < -0.39 is 24.2 Å². The Morgan fingerprint density at radius 2 is 1.95 bits per heavy atom. The minimum Gasteiger partial charge on any atom is -0.496 e. The van der Waals surface area contributed by atoms with Crippen LogP contribution in [0.15, 0.2) is 18.2 Å². The zero-order valence-electron chi connectivity index (χ0n) is 23.4. The molecule has 3 aromatic rings. The highest BCUT2D eigenvalue weighted by molar-refractivity contribution is 5.96. The van der Waals surface area contributed by atoms with Gasteiger partial charge < -0.3 is 19.3 Å². The Morgan fingerprint density at radius 3 is 2.58 bits per heavy atom. The van der Waals surface area contributed by atoms with E-state index in [0.717, 1.165) is 22.4 Å². The van der Waals surface area contributed by atoms with Crippen molar-refractivity contribution in [3.63, 3.8) is 0 Å². The molecular weight excluding hydrogens is 525 g/mol. The van der Waals surface area contributed by atoms with Crippen LogP contribution in [0.2, 0.25) is 0 Å². The van der Waals surface area contributed by atoms with E-state index in [1.54, 1.807) is 21.1 Å². The van der Waals surface area contributed by atoms with Crippen molar-refractivity contribution in [2.24, 2.45) is 13.0 Å². The number of tetrazole rings is 1. The lowest BCUT2D eigenvalue weighted by Crippen LogP contribution is -2.54. The third kappa shape index (κ3) is 4.97.